The molecule has 0 saturated heterocycles. The summed E-state index contributed by atoms with van der Waals surface area (Å²) < 4.78 is 1.97. The van der Waals surface area contributed by atoms with E-state index in [1.165, 1.54) is 5.69 Å². The van der Waals surface area contributed by atoms with Crippen molar-refractivity contribution in [2.75, 3.05) is 6.54 Å². The highest BCUT2D eigenvalue weighted by Crippen LogP contribution is 2.29. The molecule has 0 atom stereocenters. The quantitative estimate of drug-likeness (QED) is 0.425. The van der Waals surface area contributed by atoms with Crippen LogP contribution in [0.2, 0.25) is 0 Å². The van der Waals surface area contributed by atoms with Crippen LogP contribution in [-0.2, 0) is 19.3 Å². The summed E-state index contributed by atoms with van der Waals surface area (Å²) in [5.74, 6) is -0.0768. The maximum Gasteiger partial charge on any atom is 0.272 e. The van der Waals surface area contributed by atoms with E-state index >= 15 is 0 Å². The van der Waals surface area contributed by atoms with Crippen LogP contribution in [0.25, 0.3) is 16.9 Å². The van der Waals surface area contributed by atoms with Crippen molar-refractivity contribution in [3.8, 4) is 16.9 Å². The summed E-state index contributed by atoms with van der Waals surface area (Å²) in [5, 5.41) is 11.0. The van der Waals surface area contributed by atoms with E-state index in [0.29, 0.717) is 12.2 Å². The fourth-order valence-corrected chi connectivity index (χ4v) is 5.08. The number of nitrogens with zero attached hydrogens (tertiary/aromatic N) is 4. The molecular formula is C25H25N5OS. The molecule has 3 heterocycles. The standard InChI is InChI=1S/C25H25N5OS/c1-17-6-2-3-8-21(17)30-22-9-4-7-19(22)24(29-30)25(31)27-13-5-10-23-28-20(16-32-23)18-11-14-26-15-12-18/h2-3,6,8,11-12,14-16H,4-5,7,9-10,13H2,1H3,(H,27,31). The second-order valence-corrected chi connectivity index (χ2v) is 8.99. The number of rotatable bonds is 7. The molecule has 7 heteroatoms. The van der Waals surface area contributed by atoms with Crippen molar-refractivity contribution in [3.05, 3.63) is 81.7 Å². The average Bonchev–Trinajstić information content (AvgIpc) is 3.55. The van der Waals surface area contributed by atoms with E-state index in [9.17, 15) is 4.79 Å². The Balaban J connectivity index is 1.22. The lowest BCUT2D eigenvalue weighted by molar-refractivity contribution is 0.0947. The van der Waals surface area contributed by atoms with Gasteiger partial charge in [0.2, 0.25) is 0 Å². The minimum atomic E-state index is -0.0768. The van der Waals surface area contributed by atoms with Crippen molar-refractivity contribution in [1.82, 2.24) is 25.1 Å². The third kappa shape index (κ3) is 4.08. The maximum absolute atomic E-state index is 12.9. The molecule has 1 N–H and O–H groups in total. The summed E-state index contributed by atoms with van der Waals surface area (Å²) in [4.78, 5) is 21.7. The normalized spacial score (nSPS) is 12.7. The number of pyridine rings is 1. The Labute approximate surface area is 191 Å². The number of aromatic nitrogens is 4. The Hall–Kier alpha value is -3.32. The zero-order chi connectivity index (χ0) is 21.9. The summed E-state index contributed by atoms with van der Waals surface area (Å²) in [6.45, 7) is 2.69. The number of carbonyl (C=O) groups is 1. The van der Waals surface area contributed by atoms with Gasteiger partial charge in [0.1, 0.15) is 0 Å². The van der Waals surface area contributed by atoms with Gasteiger partial charge in [0.25, 0.3) is 5.91 Å². The van der Waals surface area contributed by atoms with E-state index < -0.39 is 0 Å². The molecule has 4 aromatic rings. The van der Waals surface area contributed by atoms with E-state index in [0.717, 1.165) is 65.2 Å². The lowest BCUT2D eigenvalue weighted by atomic mass is 10.1. The van der Waals surface area contributed by atoms with Gasteiger partial charge in [-0.3, -0.25) is 9.78 Å². The molecule has 0 saturated carbocycles. The second-order valence-electron chi connectivity index (χ2n) is 8.05. The van der Waals surface area contributed by atoms with Crippen LogP contribution in [-0.4, -0.2) is 32.2 Å². The Morgan fingerprint density at radius 3 is 2.84 bits per heavy atom. The summed E-state index contributed by atoms with van der Waals surface area (Å²) >= 11 is 1.66. The molecule has 1 aromatic carbocycles. The van der Waals surface area contributed by atoms with Gasteiger partial charge < -0.3 is 5.32 Å². The van der Waals surface area contributed by atoms with Gasteiger partial charge in [-0.25, -0.2) is 9.67 Å². The van der Waals surface area contributed by atoms with E-state index in [2.05, 4.69) is 34.7 Å². The van der Waals surface area contributed by atoms with Gasteiger partial charge in [0, 0.05) is 47.6 Å². The molecular weight excluding hydrogens is 418 g/mol. The lowest BCUT2D eigenvalue weighted by Crippen LogP contribution is -2.26. The molecule has 5 rings (SSSR count). The third-order valence-corrected chi connectivity index (χ3v) is 6.78. The molecule has 3 aromatic heterocycles. The number of nitrogens with one attached hydrogen (secondary N) is 1. The number of hydrogen-bond acceptors (Lipinski definition) is 5. The first-order chi connectivity index (χ1) is 15.7. The Morgan fingerprint density at radius 1 is 1.16 bits per heavy atom. The molecule has 0 fully saturated rings. The minimum Gasteiger partial charge on any atom is -0.351 e. The topological polar surface area (TPSA) is 72.7 Å². The number of fused-ring (bicyclic) bond motifs is 1. The molecule has 0 bridgehead atoms. The van der Waals surface area contributed by atoms with Crippen LogP contribution in [0, 0.1) is 6.92 Å². The van der Waals surface area contributed by atoms with Crippen LogP contribution in [0.1, 0.15) is 45.2 Å². The minimum absolute atomic E-state index is 0.0768. The second kappa shape index (κ2) is 9.04. The first kappa shape index (κ1) is 20.6. The molecule has 1 aliphatic rings. The monoisotopic (exact) mass is 443 g/mol. The van der Waals surface area contributed by atoms with E-state index in [4.69, 9.17) is 10.1 Å². The first-order valence-corrected chi connectivity index (χ1v) is 11.9. The largest absolute Gasteiger partial charge is 0.351 e. The van der Waals surface area contributed by atoms with Crippen molar-refractivity contribution in [2.45, 2.75) is 39.0 Å². The summed E-state index contributed by atoms with van der Waals surface area (Å²) in [7, 11) is 0. The van der Waals surface area contributed by atoms with Gasteiger partial charge in [0.15, 0.2) is 5.69 Å². The van der Waals surface area contributed by atoms with Crippen LogP contribution in [0.4, 0.5) is 0 Å². The smallest absolute Gasteiger partial charge is 0.272 e. The van der Waals surface area contributed by atoms with Crippen molar-refractivity contribution < 1.29 is 4.79 Å². The summed E-state index contributed by atoms with van der Waals surface area (Å²) in [6.07, 6.45) is 8.20. The molecule has 0 aliphatic heterocycles. The van der Waals surface area contributed by atoms with Gasteiger partial charge in [-0.15, -0.1) is 11.3 Å². The van der Waals surface area contributed by atoms with Gasteiger partial charge in [-0.1, -0.05) is 18.2 Å². The zero-order valence-corrected chi connectivity index (χ0v) is 18.9. The van der Waals surface area contributed by atoms with Crippen LogP contribution < -0.4 is 5.32 Å². The van der Waals surface area contributed by atoms with Crippen LogP contribution >= 0.6 is 11.3 Å². The predicted molar refractivity (Wildman–Crippen MR) is 126 cm³/mol. The maximum atomic E-state index is 12.9. The zero-order valence-electron chi connectivity index (χ0n) is 18.0. The Kier molecular flexibility index (Phi) is 5.81. The molecule has 0 unspecified atom stereocenters. The molecule has 6 nitrogen and oxygen atoms in total. The number of thiazole rings is 1. The van der Waals surface area contributed by atoms with E-state index in [-0.39, 0.29) is 5.91 Å². The first-order valence-electron chi connectivity index (χ1n) is 11.0. The molecule has 162 valence electrons. The highest BCUT2D eigenvalue weighted by Gasteiger charge is 2.27. The Bertz CT molecular complexity index is 1240. The number of hydrogen-bond donors (Lipinski definition) is 1. The van der Waals surface area contributed by atoms with E-state index in [1.807, 2.05) is 28.9 Å². The van der Waals surface area contributed by atoms with Crippen molar-refractivity contribution in [3.63, 3.8) is 0 Å². The fraction of sp³-hybridized carbons (Fsp3) is 0.280. The van der Waals surface area contributed by atoms with Crippen molar-refractivity contribution >= 4 is 17.2 Å². The fourth-order valence-electron chi connectivity index (χ4n) is 4.23. The van der Waals surface area contributed by atoms with Crippen molar-refractivity contribution in [1.29, 1.82) is 0 Å². The van der Waals surface area contributed by atoms with Gasteiger partial charge in [-0.2, -0.15) is 5.10 Å². The Morgan fingerprint density at radius 2 is 2.00 bits per heavy atom. The predicted octanol–water partition coefficient (Wildman–Crippen LogP) is 4.55. The molecule has 1 aliphatic carbocycles. The number of para-hydroxylation sites is 1. The molecule has 0 spiro atoms. The van der Waals surface area contributed by atoms with Gasteiger partial charge in [0.05, 0.1) is 16.4 Å². The van der Waals surface area contributed by atoms with Gasteiger partial charge in [-0.05, 0) is 56.4 Å². The number of amides is 1. The SMILES string of the molecule is Cc1ccccc1-n1nc(C(=O)NCCCc2nc(-c3ccncc3)cs2)c2c1CCC2. The van der Waals surface area contributed by atoms with Crippen LogP contribution in [0.3, 0.4) is 0 Å². The third-order valence-electron chi connectivity index (χ3n) is 5.87. The highest BCUT2D eigenvalue weighted by molar-refractivity contribution is 7.09. The number of aryl methyl sites for hydroxylation is 2. The summed E-state index contributed by atoms with van der Waals surface area (Å²) in [5.41, 5.74) is 7.13. The average molecular weight is 444 g/mol. The van der Waals surface area contributed by atoms with Gasteiger partial charge >= 0.3 is 0 Å². The molecule has 0 radical (unpaired) electrons. The number of carbonyl (C=O) groups excluding carboxylic acids is 1. The van der Waals surface area contributed by atoms with Crippen LogP contribution in [0.5, 0.6) is 0 Å². The van der Waals surface area contributed by atoms with E-state index in [1.54, 1.807) is 23.7 Å². The van der Waals surface area contributed by atoms with Crippen molar-refractivity contribution in [2.24, 2.45) is 0 Å². The molecule has 32 heavy (non-hydrogen) atoms. The summed E-state index contributed by atoms with van der Waals surface area (Å²) in [6, 6.07) is 12.1. The van der Waals surface area contributed by atoms with Crippen LogP contribution in [0.15, 0.2) is 54.2 Å². The number of benzene rings is 1. The lowest BCUT2D eigenvalue weighted by Gasteiger charge is -2.08. The highest BCUT2D eigenvalue weighted by atomic mass is 32.1. The molecule has 1 amide bonds.